The number of hydrogen-bond acceptors (Lipinski definition) is 5. The first kappa shape index (κ1) is 19.1. The summed E-state index contributed by atoms with van der Waals surface area (Å²) in [6, 6.07) is 11.4. The summed E-state index contributed by atoms with van der Waals surface area (Å²) in [6.45, 7) is 1.89. The fraction of sp³-hybridized carbons (Fsp3) is 0.435. The Hall–Kier alpha value is -2.93. The lowest BCUT2D eigenvalue weighted by Gasteiger charge is -2.38. The molecule has 2 amide bonds. The molecule has 2 aliphatic heterocycles. The van der Waals surface area contributed by atoms with Gasteiger partial charge in [-0.3, -0.25) is 9.59 Å². The largest absolute Gasteiger partial charge is 0.385 e. The molecule has 2 fully saturated rings. The Morgan fingerprint density at radius 2 is 1.93 bits per heavy atom. The van der Waals surface area contributed by atoms with Gasteiger partial charge in [0.05, 0.1) is 23.4 Å². The molecule has 2 N–H and O–H groups in total. The van der Waals surface area contributed by atoms with E-state index in [9.17, 15) is 14.7 Å². The van der Waals surface area contributed by atoms with Crippen LogP contribution in [-0.4, -0.2) is 53.0 Å². The average molecular weight is 406 g/mol. The zero-order valence-corrected chi connectivity index (χ0v) is 16.9. The smallest absolute Gasteiger partial charge is 0.255 e. The van der Waals surface area contributed by atoms with Gasteiger partial charge in [0, 0.05) is 25.8 Å². The zero-order valence-electron chi connectivity index (χ0n) is 16.9. The van der Waals surface area contributed by atoms with E-state index in [1.54, 1.807) is 22.1 Å². The summed E-state index contributed by atoms with van der Waals surface area (Å²) in [6.07, 6.45) is 4.87. The van der Waals surface area contributed by atoms with E-state index < -0.39 is 5.60 Å². The van der Waals surface area contributed by atoms with Gasteiger partial charge in [0.25, 0.3) is 5.91 Å². The highest BCUT2D eigenvalue weighted by Crippen LogP contribution is 2.36. The highest BCUT2D eigenvalue weighted by molar-refractivity contribution is 6.04. The van der Waals surface area contributed by atoms with Gasteiger partial charge in [-0.05, 0) is 43.2 Å². The first-order valence-electron chi connectivity index (χ1n) is 10.6. The summed E-state index contributed by atoms with van der Waals surface area (Å²) >= 11 is 0. The molecule has 7 nitrogen and oxygen atoms in total. The summed E-state index contributed by atoms with van der Waals surface area (Å²) in [4.78, 5) is 33.5. The molecule has 0 radical (unpaired) electrons. The number of nitrogens with one attached hydrogen (secondary N) is 1. The average Bonchev–Trinajstić information content (AvgIpc) is 3.60. The molecule has 7 heteroatoms. The second-order valence-electron chi connectivity index (χ2n) is 8.58. The quantitative estimate of drug-likeness (QED) is 0.814. The van der Waals surface area contributed by atoms with Crippen molar-refractivity contribution < 1.29 is 14.7 Å². The van der Waals surface area contributed by atoms with Crippen LogP contribution in [0.15, 0.2) is 42.6 Å². The van der Waals surface area contributed by atoms with Crippen LogP contribution < -0.4 is 10.2 Å². The lowest BCUT2D eigenvalue weighted by atomic mass is 9.84. The molecule has 3 aliphatic rings. The predicted molar refractivity (Wildman–Crippen MR) is 113 cm³/mol. The minimum atomic E-state index is -0.899. The van der Waals surface area contributed by atoms with E-state index in [1.165, 1.54) is 0 Å². The predicted octanol–water partition coefficient (Wildman–Crippen LogP) is 2.37. The lowest BCUT2D eigenvalue weighted by Crippen LogP contribution is -2.45. The van der Waals surface area contributed by atoms with Crippen LogP contribution in [0.25, 0.3) is 0 Å². The molecule has 30 heavy (non-hydrogen) atoms. The molecule has 1 saturated carbocycles. The number of nitrogens with zero attached hydrogens (tertiary/aromatic N) is 3. The Balaban J connectivity index is 1.32. The monoisotopic (exact) mass is 406 g/mol. The molecule has 0 bridgehead atoms. The fourth-order valence-electron chi connectivity index (χ4n) is 4.36. The van der Waals surface area contributed by atoms with E-state index in [0.717, 1.165) is 18.4 Å². The number of carbonyl (C=O) groups is 2. The molecule has 1 aromatic heterocycles. The molecule has 1 saturated heterocycles. The minimum Gasteiger partial charge on any atom is -0.385 e. The first-order valence-corrected chi connectivity index (χ1v) is 10.6. The molecule has 2 aromatic rings. The van der Waals surface area contributed by atoms with Gasteiger partial charge in [-0.1, -0.05) is 30.3 Å². The van der Waals surface area contributed by atoms with Crippen molar-refractivity contribution in [3.8, 4) is 0 Å². The number of rotatable bonds is 4. The van der Waals surface area contributed by atoms with Crippen LogP contribution in [0.5, 0.6) is 0 Å². The van der Waals surface area contributed by atoms with E-state index in [1.807, 2.05) is 30.3 Å². The summed E-state index contributed by atoms with van der Waals surface area (Å²) in [5.41, 5.74) is 1.18. The Kier molecular flexibility index (Phi) is 4.70. The molecule has 3 heterocycles. The van der Waals surface area contributed by atoms with Gasteiger partial charge in [0.2, 0.25) is 5.91 Å². The third-order valence-electron chi connectivity index (χ3n) is 6.44. The van der Waals surface area contributed by atoms with Gasteiger partial charge >= 0.3 is 0 Å². The van der Waals surface area contributed by atoms with Gasteiger partial charge in [-0.2, -0.15) is 0 Å². The minimum absolute atomic E-state index is 0.0201. The van der Waals surface area contributed by atoms with Crippen molar-refractivity contribution in [3.63, 3.8) is 0 Å². The number of fused-ring (bicyclic) bond motifs is 1. The third-order valence-corrected chi connectivity index (χ3v) is 6.44. The van der Waals surface area contributed by atoms with Crippen LogP contribution in [0.1, 0.15) is 41.6 Å². The molecular weight excluding hydrogens is 380 g/mol. The fourth-order valence-corrected chi connectivity index (χ4v) is 4.36. The number of aromatic nitrogens is 1. The molecule has 0 unspecified atom stereocenters. The van der Waals surface area contributed by atoms with Crippen molar-refractivity contribution in [1.82, 2.24) is 9.88 Å². The van der Waals surface area contributed by atoms with E-state index in [0.29, 0.717) is 55.5 Å². The van der Waals surface area contributed by atoms with Crippen LogP contribution in [0.2, 0.25) is 0 Å². The normalized spacial score (nSPS) is 20.5. The number of likely N-dealkylation sites (tertiary alicyclic amines) is 1. The van der Waals surface area contributed by atoms with Crippen LogP contribution in [0, 0.1) is 5.92 Å². The second-order valence-corrected chi connectivity index (χ2v) is 8.58. The highest BCUT2D eigenvalue weighted by Gasteiger charge is 2.36. The summed E-state index contributed by atoms with van der Waals surface area (Å²) in [7, 11) is 0. The van der Waals surface area contributed by atoms with Gasteiger partial charge in [0.15, 0.2) is 0 Å². The van der Waals surface area contributed by atoms with Crippen molar-refractivity contribution in [3.05, 3.63) is 53.7 Å². The van der Waals surface area contributed by atoms with Crippen molar-refractivity contribution in [1.29, 1.82) is 0 Å². The van der Waals surface area contributed by atoms with Gasteiger partial charge in [-0.25, -0.2) is 4.98 Å². The summed E-state index contributed by atoms with van der Waals surface area (Å²) in [5.74, 6) is 1.12. The van der Waals surface area contributed by atoms with Crippen LogP contribution in [0.4, 0.5) is 11.5 Å². The zero-order chi connectivity index (χ0) is 20.7. The van der Waals surface area contributed by atoms with Crippen LogP contribution in [-0.2, 0) is 10.4 Å². The first-order chi connectivity index (χ1) is 14.5. The highest BCUT2D eigenvalue weighted by atomic mass is 16.3. The van der Waals surface area contributed by atoms with Crippen LogP contribution >= 0.6 is 0 Å². The maximum Gasteiger partial charge on any atom is 0.255 e. The van der Waals surface area contributed by atoms with Crippen molar-refractivity contribution in [2.45, 2.75) is 31.3 Å². The van der Waals surface area contributed by atoms with E-state index in [2.05, 4.69) is 10.3 Å². The Labute approximate surface area is 175 Å². The molecule has 0 spiro atoms. The third kappa shape index (κ3) is 3.54. The number of amides is 2. The van der Waals surface area contributed by atoms with Gasteiger partial charge in [-0.15, -0.1) is 0 Å². The second kappa shape index (κ2) is 7.40. The number of piperidine rings is 1. The van der Waals surface area contributed by atoms with Crippen LogP contribution in [0.3, 0.4) is 0 Å². The molecule has 0 atom stereocenters. The number of carbonyl (C=O) groups excluding carboxylic acids is 2. The molecule has 1 aromatic carbocycles. The number of hydrogen-bond donors (Lipinski definition) is 2. The summed E-state index contributed by atoms with van der Waals surface area (Å²) < 4.78 is 0. The topological polar surface area (TPSA) is 85.8 Å². The number of benzene rings is 1. The lowest BCUT2D eigenvalue weighted by molar-refractivity contribution is -0.117. The van der Waals surface area contributed by atoms with Crippen molar-refractivity contribution >= 4 is 23.3 Å². The molecule has 5 rings (SSSR count). The molecular formula is C23H26N4O3. The van der Waals surface area contributed by atoms with Gasteiger partial charge < -0.3 is 20.2 Å². The summed E-state index contributed by atoms with van der Waals surface area (Å²) in [5, 5.41) is 14.1. The Morgan fingerprint density at radius 3 is 2.63 bits per heavy atom. The number of pyridine rings is 1. The number of aliphatic hydroxyl groups is 1. The molecule has 1 aliphatic carbocycles. The maximum absolute atomic E-state index is 13.1. The van der Waals surface area contributed by atoms with Crippen molar-refractivity contribution in [2.24, 2.45) is 5.92 Å². The SMILES string of the molecule is O=C(c1cnc2c(c1)N(CC1CC1)C(=O)CN2)N1CCC(O)(c2ccccc2)CC1. The molecule has 156 valence electrons. The number of anilines is 2. The van der Waals surface area contributed by atoms with E-state index in [4.69, 9.17) is 0 Å². The Bertz CT molecular complexity index is 966. The Morgan fingerprint density at radius 1 is 1.20 bits per heavy atom. The van der Waals surface area contributed by atoms with Gasteiger partial charge in [0.1, 0.15) is 5.82 Å². The van der Waals surface area contributed by atoms with Crippen molar-refractivity contribution in [2.75, 3.05) is 36.4 Å². The standard InChI is InChI=1S/C23H26N4O3/c28-20-14-25-21-19(27(20)15-16-6-7-16)12-17(13-24-21)22(29)26-10-8-23(30,9-11-26)18-4-2-1-3-5-18/h1-5,12-13,16,30H,6-11,14-15H2,(H,24,25). The van der Waals surface area contributed by atoms with E-state index >= 15 is 0 Å². The van der Waals surface area contributed by atoms with E-state index in [-0.39, 0.29) is 18.4 Å². The maximum atomic E-state index is 13.1.